The van der Waals surface area contributed by atoms with Gasteiger partial charge in [-0.05, 0) is 76.1 Å². The van der Waals surface area contributed by atoms with Gasteiger partial charge in [0.15, 0.2) is 0 Å². The Morgan fingerprint density at radius 1 is 0.786 bits per heavy atom. The molecule has 0 saturated carbocycles. The van der Waals surface area contributed by atoms with Crippen LogP contribution in [0.1, 0.15) is 91.5 Å². The Morgan fingerprint density at radius 2 is 1.39 bits per heavy atom. The second kappa shape index (κ2) is 9.35. The Hall–Kier alpha value is -1.48. The van der Waals surface area contributed by atoms with E-state index in [1.807, 2.05) is 0 Å². The summed E-state index contributed by atoms with van der Waals surface area (Å²) >= 11 is 0. The average Bonchev–Trinajstić information content (AvgIpc) is 3.01. The van der Waals surface area contributed by atoms with Gasteiger partial charge in [-0.1, -0.05) is 27.7 Å². The number of ether oxygens (including phenoxy) is 1. The summed E-state index contributed by atoms with van der Waals surface area (Å²) in [5, 5.41) is 0. The smallest absolute Gasteiger partial charge is 0.0645 e. The van der Waals surface area contributed by atoms with Gasteiger partial charge in [-0.2, -0.15) is 0 Å². The molecule has 0 N–H and O–H groups in total. The highest BCUT2D eigenvalue weighted by atomic mass is 16.5. The third-order valence-electron chi connectivity index (χ3n) is 6.65. The van der Waals surface area contributed by atoms with Crippen molar-refractivity contribution in [3.05, 3.63) is 45.0 Å². The maximum Gasteiger partial charge on any atom is 0.0645 e. The van der Waals surface area contributed by atoms with E-state index in [1.54, 1.807) is 0 Å². The number of aromatic nitrogens is 2. The highest BCUT2D eigenvalue weighted by molar-refractivity contribution is 5.40. The quantitative estimate of drug-likeness (QED) is 0.459. The van der Waals surface area contributed by atoms with E-state index in [9.17, 15) is 0 Å². The van der Waals surface area contributed by atoms with Gasteiger partial charge in [0.25, 0.3) is 0 Å². The van der Waals surface area contributed by atoms with Crippen molar-refractivity contribution in [3.63, 3.8) is 0 Å². The molecular weight excluding hydrogens is 344 g/mol. The van der Waals surface area contributed by atoms with Gasteiger partial charge in [-0.25, -0.2) is 0 Å². The molecule has 0 aliphatic heterocycles. The minimum Gasteiger partial charge on any atom is -0.379 e. The van der Waals surface area contributed by atoms with E-state index < -0.39 is 0 Å². The van der Waals surface area contributed by atoms with E-state index in [1.165, 1.54) is 45.0 Å². The molecule has 2 aromatic rings. The number of nitrogens with zero attached hydrogens (tertiary/aromatic N) is 2. The van der Waals surface area contributed by atoms with E-state index in [2.05, 4.69) is 78.4 Å². The van der Waals surface area contributed by atoms with Crippen molar-refractivity contribution in [2.75, 3.05) is 13.2 Å². The highest BCUT2D eigenvalue weighted by Crippen LogP contribution is 2.30. The van der Waals surface area contributed by atoms with Gasteiger partial charge in [0.1, 0.15) is 0 Å². The van der Waals surface area contributed by atoms with Crippen LogP contribution >= 0.6 is 0 Å². The third-order valence-corrected chi connectivity index (χ3v) is 6.65. The van der Waals surface area contributed by atoms with Gasteiger partial charge in [0.05, 0.1) is 13.2 Å². The van der Waals surface area contributed by atoms with Crippen molar-refractivity contribution in [2.45, 2.75) is 101 Å². The molecule has 2 rings (SSSR count). The van der Waals surface area contributed by atoms with E-state index >= 15 is 0 Å². The second-order valence-corrected chi connectivity index (χ2v) is 8.66. The van der Waals surface area contributed by atoms with Crippen molar-refractivity contribution >= 4 is 0 Å². The fraction of sp³-hybridized carbons (Fsp3) is 0.680. The molecule has 3 heteroatoms. The molecular formula is C25H42N2O. The van der Waals surface area contributed by atoms with E-state index in [-0.39, 0.29) is 0 Å². The first kappa shape index (κ1) is 22.8. The SMILES string of the molecule is CCc1c(C)c(C(C)COCCn2c(C)c(C)c(C(C)C)c2C)c(C)n1CC. The van der Waals surface area contributed by atoms with Crippen molar-refractivity contribution in [3.8, 4) is 0 Å². The summed E-state index contributed by atoms with van der Waals surface area (Å²) in [5.41, 5.74) is 11.6. The first-order chi connectivity index (χ1) is 13.2. The van der Waals surface area contributed by atoms with Crippen LogP contribution in [0.3, 0.4) is 0 Å². The summed E-state index contributed by atoms with van der Waals surface area (Å²) in [6.07, 6.45) is 1.10. The zero-order valence-corrected chi connectivity index (χ0v) is 20.0. The Labute approximate surface area is 173 Å². The topological polar surface area (TPSA) is 19.1 Å². The first-order valence-corrected chi connectivity index (χ1v) is 11.1. The first-order valence-electron chi connectivity index (χ1n) is 11.1. The predicted octanol–water partition coefficient (Wildman–Crippen LogP) is 6.36. The van der Waals surface area contributed by atoms with Crippen molar-refractivity contribution in [2.24, 2.45) is 0 Å². The highest BCUT2D eigenvalue weighted by Gasteiger charge is 2.20. The molecule has 0 aromatic carbocycles. The van der Waals surface area contributed by atoms with Crippen LogP contribution in [0, 0.1) is 34.6 Å². The van der Waals surface area contributed by atoms with Crippen LogP contribution in [0.5, 0.6) is 0 Å². The lowest BCUT2D eigenvalue weighted by Gasteiger charge is -2.16. The molecule has 0 radical (unpaired) electrons. The summed E-state index contributed by atoms with van der Waals surface area (Å²) in [7, 11) is 0. The van der Waals surface area contributed by atoms with Crippen LogP contribution in [-0.2, 0) is 24.2 Å². The van der Waals surface area contributed by atoms with Crippen LogP contribution in [0.4, 0.5) is 0 Å². The molecule has 2 heterocycles. The van der Waals surface area contributed by atoms with Gasteiger partial charge in [0, 0.05) is 41.8 Å². The molecule has 0 aliphatic rings. The summed E-state index contributed by atoms with van der Waals surface area (Å²) in [4.78, 5) is 0. The van der Waals surface area contributed by atoms with Crippen LogP contribution in [0.2, 0.25) is 0 Å². The van der Waals surface area contributed by atoms with Gasteiger partial charge in [0.2, 0.25) is 0 Å². The fourth-order valence-corrected chi connectivity index (χ4v) is 5.34. The van der Waals surface area contributed by atoms with Crippen LogP contribution < -0.4 is 0 Å². The zero-order chi connectivity index (χ0) is 21.2. The van der Waals surface area contributed by atoms with Crippen molar-refractivity contribution in [1.29, 1.82) is 0 Å². The molecule has 0 aliphatic carbocycles. The van der Waals surface area contributed by atoms with E-state index in [0.29, 0.717) is 11.8 Å². The lowest BCUT2D eigenvalue weighted by molar-refractivity contribution is 0.115. The minimum absolute atomic E-state index is 0.429. The van der Waals surface area contributed by atoms with Gasteiger partial charge in [-0.15, -0.1) is 0 Å². The largest absolute Gasteiger partial charge is 0.379 e. The van der Waals surface area contributed by atoms with Crippen molar-refractivity contribution in [1.82, 2.24) is 9.13 Å². The lowest BCUT2D eigenvalue weighted by atomic mass is 9.97. The molecule has 0 spiro atoms. The van der Waals surface area contributed by atoms with Crippen LogP contribution in [0.25, 0.3) is 0 Å². The predicted molar refractivity (Wildman–Crippen MR) is 121 cm³/mol. The Kier molecular flexibility index (Phi) is 7.61. The van der Waals surface area contributed by atoms with E-state index in [4.69, 9.17) is 4.74 Å². The molecule has 158 valence electrons. The third kappa shape index (κ3) is 4.10. The molecule has 2 aromatic heterocycles. The normalized spacial score (nSPS) is 13.0. The molecule has 0 bridgehead atoms. The minimum atomic E-state index is 0.429. The number of hydrogen-bond donors (Lipinski definition) is 0. The zero-order valence-electron chi connectivity index (χ0n) is 20.0. The molecule has 28 heavy (non-hydrogen) atoms. The standard InChI is InChI=1S/C25H42N2O/c1-11-23-19(7)25(22(10)26(23)12-2)17(5)15-28-14-13-27-20(8)18(6)24(16(3)4)21(27)9/h16-17H,11-15H2,1-10H3. The molecule has 0 fully saturated rings. The Bertz CT molecular complexity index is 780. The molecule has 1 unspecified atom stereocenters. The number of hydrogen-bond acceptors (Lipinski definition) is 1. The maximum atomic E-state index is 6.17. The molecule has 1 atom stereocenters. The van der Waals surface area contributed by atoms with Crippen LogP contribution in [0.15, 0.2) is 0 Å². The number of rotatable bonds is 9. The van der Waals surface area contributed by atoms with Crippen LogP contribution in [-0.4, -0.2) is 22.3 Å². The van der Waals surface area contributed by atoms with E-state index in [0.717, 1.165) is 32.7 Å². The van der Waals surface area contributed by atoms with Crippen molar-refractivity contribution < 1.29 is 4.74 Å². The molecule has 0 saturated heterocycles. The average molecular weight is 387 g/mol. The maximum absolute atomic E-state index is 6.17. The Morgan fingerprint density at radius 3 is 1.86 bits per heavy atom. The fourth-order valence-electron chi connectivity index (χ4n) is 5.34. The Balaban J connectivity index is 2.04. The summed E-state index contributed by atoms with van der Waals surface area (Å²) in [6.45, 7) is 26.2. The van der Waals surface area contributed by atoms with Gasteiger partial charge >= 0.3 is 0 Å². The summed E-state index contributed by atoms with van der Waals surface area (Å²) in [5.74, 6) is 1.00. The summed E-state index contributed by atoms with van der Waals surface area (Å²) < 4.78 is 11.1. The monoisotopic (exact) mass is 386 g/mol. The molecule has 0 amide bonds. The van der Waals surface area contributed by atoms with Gasteiger partial charge < -0.3 is 13.9 Å². The lowest BCUT2D eigenvalue weighted by Crippen LogP contribution is -2.13. The molecule has 3 nitrogen and oxygen atoms in total. The summed E-state index contributed by atoms with van der Waals surface area (Å²) in [6, 6.07) is 0. The van der Waals surface area contributed by atoms with Gasteiger partial charge in [-0.3, -0.25) is 0 Å². The second-order valence-electron chi connectivity index (χ2n) is 8.66.